The predicted molar refractivity (Wildman–Crippen MR) is 117 cm³/mol. The van der Waals surface area contributed by atoms with E-state index in [0.717, 1.165) is 60.8 Å². The summed E-state index contributed by atoms with van der Waals surface area (Å²) in [6.07, 6.45) is 6.99. The lowest BCUT2D eigenvalue weighted by molar-refractivity contribution is 0.242. The average molecular weight is 417 g/mol. The Morgan fingerprint density at radius 2 is 1.74 bits per heavy atom. The van der Waals surface area contributed by atoms with Crippen LogP contribution in [0.2, 0.25) is 0 Å². The van der Waals surface area contributed by atoms with Crippen LogP contribution in [0.1, 0.15) is 0 Å². The average Bonchev–Trinajstić information content (AvgIpc) is 3.20. The second kappa shape index (κ2) is 8.23. The summed E-state index contributed by atoms with van der Waals surface area (Å²) in [4.78, 5) is 29.7. The quantitative estimate of drug-likeness (QED) is 0.470. The van der Waals surface area contributed by atoms with Gasteiger partial charge in [-0.3, -0.25) is 19.4 Å². The molecule has 1 fully saturated rings. The van der Waals surface area contributed by atoms with Crippen molar-refractivity contribution in [1.82, 2.24) is 39.4 Å². The molecule has 4 aromatic rings. The third kappa shape index (κ3) is 4.02. The van der Waals surface area contributed by atoms with Crippen LogP contribution < -0.4 is 10.5 Å². The van der Waals surface area contributed by atoms with E-state index in [1.165, 1.54) is 0 Å². The van der Waals surface area contributed by atoms with Gasteiger partial charge >= 0.3 is 0 Å². The molecule has 0 bridgehead atoms. The topological polar surface area (TPSA) is 97.9 Å². The molecule has 0 aliphatic carbocycles. The van der Waals surface area contributed by atoms with E-state index in [1.807, 2.05) is 25.4 Å². The van der Waals surface area contributed by atoms with Crippen LogP contribution in [0.3, 0.4) is 0 Å². The number of piperazine rings is 1. The number of nitrogens with zero attached hydrogens (tertiary/aromatic N) is 9. The SMILES string of the molecule is Cn1cc2c(N3CCN(CCn4nc(-c5ccncc5)ccc4=O)CC3)ncnc2n1. The molecule has 1 aliphatic heterocycles. The molecule has 0 saturated carbocycles. The molecule has 4 aromatic heterocycles. The number of anilines is 1. The highest BCUT2D eigenvalue weighted by Gasteiger charge is 2.21. The number of hydrogen-bond acceptors (Lipinski definition) is 8. The van der Waals surface area contributed by atoms with E-state index < -0.39 is 0 Å². The Morgan fingerprint density at radius 1 is 0.935 bits per heavy atom. The number of aryl methyl sites for hydroxylation is 1. The molecule has 10 nitrogen and oxygen atoms in total. The van der Waals surface area contributed by atoms with Gasteiger partial charge in [-0.05, 0) is 18.2 Å². The maximum Gasteiger partial charge on any atom is 0.266 e. The number of pyridine rings is 1. The molecular weight excluding hydrogens is 394 g/mol. The Balaban J connectivity index is 1.23. The first-order chi connectivity index (χ1) is 15.2. The largest absolute Gasteiger partial charge is 0.353 e. The Labute approximate surface area is 178 Å². The van der Waals surface area contributed by atoms with Crippen LogP contribution in [0.15, 0.2) is 54.0 Å². The predicted octanol–water partition coefficient (Wildman–Crippen LogP) is 0.804. The summed E-state index contributed by atoms with van der Waals surface area (Å²) in [5.41, 5.74) is 2.35. The molecule has 0 unspecified atom stereocenters. The second-order valence-corrected chi connectivity index (χ2v) is 7.58. The maximum atomic E-state index is 12.3. The summed E-state index contributed by atoms with van der Waals surface area (Å²) in [6, 6.07) is 7.12. The normalized spacial score (nSPS) is 14.9. The fraction of sp³-hybridized carbons (Fsp3) is 0.333. The first kappa shape index (κ1) is 19.3. The van der Waals surface area contributed by atoms with E-state index >= 15 is 0 Å². The minimum Gasteiger partial charge on any atom is -0.353 e. The van der Waals surface area contributed by atoms with E-state index in [4.69, 9.17) is 0 Å². The number of fused-ring (bicyclic) bond motifs is 1. The van der Waals surface area contributed by atoms with Gasteiger partial charge in [-0.1, -0.05) is 0 Å². The van der Waals surface area contributed by atoms with Crippen molar-refractivity contribution in [3.63, 3.8) is 0 Å². The Hall–Kier alpha value is -3.66. The summed E-state index contributed by atoms with van der Waals surface area (Å²) in [5, 5.41) is 9.88. The van der Waals surface area contributed by atoms with Gasteiger partial charge in [-0.2, -0.15) is 10.2 Å². The van der Waals surface area contributed by atoms with Gasteiger partial charge in [-0.25, -0.2) is 14.6 Å². The minimum absolute atomic E-state index is 0.0867. The lowest BCUT2D eigenvalue weighted by Crippen LogP contribution is -2.48. The second-order valence-electron chi connectivity index (χ2n) is 7.58. The maximum absolute atomic E-state index is 12.3. The van der Waals surface area contributed by atoms with Gasteiger partial charge in [0.15, 0.2) is 5.65 Å². The van der Waals surface area contributed by atoms with Gasteiger partial charge in [0.2, 0.25) is 0 Å². The summed E-state index contributed by atoms with van der Waals surface area (Å²) in [5.74, 6) is 0.931. The Bertz CT molecular complexity index is 1240. The Morgan fingerprint density at radius 3 is 2.55 bits per heavy atom. The molecule has 0 amide bonds. The summed E-state index contributed by atoms with van der Waals surface area (Å²) >= 11 is 0. The molecule has 158 valence electrons. The standard InChI is InChI=1S/C21H23N9O/c1-27-14-17-20(26-27)23-15-24-21(17)29-11-8-28(9-12-29)10-13-30-19(31)3-2-18(25-30)16-4-6-22-7-5-16/h2-7,14-15H,8-13H2,1H3. The van der Waals surface area contributed by atoms with Gasteiger partial charge in [-0.15, -0.1) is 0 Å². The van der Waals surface area contributed by atoms with Crippen LogP contribution in [0.5, 0.6) is 0 Å². The zero-order chi connectivity index (χ0) is 21.2. The van der Waals surface area contributed by atoms with Crippen molar-refractivity contribution in [2.45, 2.75) is 6.54 Å². The van der Waals surface area contributed by atoms with Crippen molar-refractivity contribution in [1.29, 1.82) is 0 Å². The van der Waals surface area contributed by atoms with Crippen LogP contribution in [-0.2, 0) is 13.6 Å². The third-order valence-corrected chi connectivity index (χ3v) is 5.55. The number of rotatable bonds is 5. The lowest BCUT2D eigenvalue weighted by atomic mass is 10.2. The number of aromatic nitrogens is 7. The van der Waals surface area contributed by atoms with E-state index in [9.17, 15) is 4.79 Å². The van der Waals surface area contributed by atoms with Crippen LogP contribution in [-0.4, -0.2) is 72.1 Å². The highest BCUT2D eigenvalue weighted by atomic mass is 16.1. The number of hydrogen-bond donors (Lipinski definition) is 0. The van der Waals surface area contributed by atoms with Crippen LogP contribution >= 0.6 is 0 Å². The summed E-state index contributed by atoms with van der Waals surface area (Å²) in [7, 11) is 1.89. The van der Waals surface area contributed by atoms with Gasteiger partial charge in [0, 0.05) is 70.0 Å². The molecule has 31 heavy (non-hydrogen) atoms. The zero-order valence-electron chi connectivity index (χ0n) is 17.3. The van der Waals surface area contributed by atoms with Gasteiger partial charge in [0.1, 0.15) is 12.1 Å². The molecule has 5 rings (SSSR count). The fourth-order valence-corrected chi connectivity index (χ4v) is 3.89. The van der Waals surface area contributed by atoms with Gasteiger partial charge in [0.05, 0.1) is 17.6 Å². The summed E-state index contributed by atoms with van der Waals surface area (Å²) < 4.78 is 3.32. The molecule has 0 atom stereocenters. The molecule has 0 N–H and O–H groups in total. The van der Waals surface area contributed by atoms with E-state index in [0.29, 0.717) is 6.54 Å². The van der Waals surface area contributed by atoms with Gasteiger partial charge in [0.25, 0.3) is 5.56 Å². The monoisotopic (exact) mass is 417 g/mol. The molecule has 0 radical (unpaired) electrons. The van der Waals surface area contributed by atoms with Crippen molar-refractivity contribution >= 4 is 16.9 Å². The van der Waals surface area contributed by atoms with Crippen molar-refractivity contribution in [2.24, 2.45) is 7.05 Å². The molecule has 10 heteroatoms. The van der Waals surface area contributed by atoms with Crippen molar-refractivity contribution < 1.29 is 0 Å². The fourth-order valence-electron chi connectivity index (χ4n) is 3.89. The van der Waals surface area contributed by atoms with E-state index in [1.54, 1.807) is 40.2 Å². The third-order valence-electron chi connectivity index (χ3n) is 5.55. The molecule has 1 aliphatic rings. The lowest BCUT2D eigenvalue weighted by Gasteiger charge is -2.35. The van der Waals surface area contributed by atoms with Crippen LogP contribution in [0, 0.1) is 0 Å². The molecule has 0 aromatic carbocycles. The van der Waals surface area contributed by atoms with E-state index in [-0.39, 0.29) is 5.56 Å². The first-order valence-electron chi connectivity index (χ1n) is 10.3. The van der Waals surface area contributed by atoms with E-state index in [2.05, 4.69) is 34.9 Å². The molecule has 5 heterocycles. The zero-order valence-corrected chi connectivity index (χ0v) is 17.3. The van der Waals surface area contributed by atoms with Crippen molar-refractivity contribution in [2.75, 3.05) is 37.6 Å². The van der Waals surface area contributed by atoms with Crippen molar-refractivity contribution in [3.8, 4) is 11.3 Å². The van der Waals surface area contributed by atoms with Gasteiger partial charge < -0.3 is 4.90 Å². The van der Waals surface area contributed by atoms with Crippen molar-refractivity contribution in [3.05, 3.63) is 59.5 Å². The van der Waals surface area contributed by atoms with Crippen LogP contribution in [0.4, 0.5) is 5.82 Å². The molecular formula is C21H23N9O. The first-order valence-corrected chi connectivity index (χ1v) is 10.3. The minimum atomic E-state index is -0.0867. The Kier molecular flexibility index (Phi) is 5.13. The molecule has 1 saturated heterocycles. The highest BCUT2D eigenvalue weighted by molar-refractivity contribution is 5.86. The summed E-state index contributed by atoms with van der Waals surface area (Å²) in [6.45, 7) is 4.83. The highest BCUT2D eigenvalue weighted by Crippen LogP contribution is 2.22. The smallest absolute Gasteiger partial charge is 0.266 e. The molecule has 0 spiro atoms. The van der Waals surface area contributed by atoms with Crippen LogP contribution in [0.25, 0.3) is 22.3 Å².